The lowest BCUT2D eigenvalue weighted by Crippen LogP contribution is -2.49. The number of nitrogens with zero attached hydrogens (tertiary/aromatic N) is 2. The largest absolute Gasteiger partial charge is 0.480 e. The molecule has 1 aliphatic rings. The van der Waals surface area contributed by atoms with Gasteiger partial charge >= 0.3 is 12.1 Å². The molecular weight excluding hydrogens is 438 g/mol. The lowest BCUT2D eigenvalue weighted by atomic mass is 9.87. The number of H-pyrrole nitrogens is 1. The van der Waals surface area contributed by atoms with Gasteiger partial charge in [-0.3, -0.25) is 15.2 Å². The maximum Gasteiger partial charge on any atom is 0.414 e. The van der Waals surface area contributed by atoms with Crippen LogP contribution in [-0.2, 0) is 9.53 Å². The van der Waals surface area contributed by atoms with Crippen molar-refractivity contribution < 1.29 is 24.2 Å². The Kier molecular flexibility index (Phi) is 6.06. The number of fused-ring (bicyclic) bond motifs is 3. The third-order valence-corrected chi connectivity index (χ3v) is 5.65. The molecule has 1 aliphatic carbocycles. The first-order valence-electron chi connectivity index (χ1n) is 10.7. The van der Waals surface area contributed by atoms with Crippen molar-refractivity contribution in [2.45, 2.75) is 32.7 Å². The van der Waals surface area contributed by atoms with E-state index in [1.165, 1.54) is 0 Å². The molecule has 4 rings (SSSR count). The second-order valence-electron chi connectivity index (χ2n) is 9.07. The molecule has 1 heterocycles. The maximum absolute atomic E-state index is 12.4. The highest BCUT2D eigenvalue weighted by atomic mass is 16.5. The van der Waals surface area contributed by atoms with Gasteiger partial charge in [0.05, 0.1) is 0 Å². The van der Waals surface area contributed by atoms with Crippen molar-refractivity contribution in [2.75, 3.05) is 11.9 Å². The van der Waals surface area contributed by atoms with Crippen molar-refractivity contribution in [2.24, 2.45) is 5.41 Å². The topological polar surface area (TPSA) is 146 Å². The second kappa shape index (κ2) is 8.97. The molecule has 0 spiro atoms. The van der Waals surface area contributed by atoms with Gasteiger partial charge < -0.3 is 15.2 Å². The highest BCUT2D eigenvalue weighted by Gasteiger charge is 2.34. The Bertz CT molecular complexity index is 1200. The van der Waals surface area contributed by atoms with E-state index in [0.717, 1.165) is 22.3 Å². The van der Waals surface area contributed by atoms with E-state index in [2.05, 4.69) is 25.8 Å². The van der Waals surface area contributed by atoms with Crippen LogP contribution in [0.25, 0.3) is 11.1 Å². The van der Waals surface area contributed by atoms with E-state index in [1.807, 2.05) is 48.5 Å². The van der Waals surface area contributed by atoms with Crippen molar-refractivity contribution in [3.8, 4) is 11.1 Å². The van der Waals surface area contributed by atoms with Gasteiger partial charge in [0.2, 0.25) is 5.82 Å². The van der Waals surface area contributed by atoms with Crippen LogP contribution in [0.4, 0.5) is 10.7 Å². The second-order valence-corrected chi connectivity index (χ2v) is 9.07. The van der Waals surface area contributed by atoms with Crippen LogP contribution in [0.15, 0.2) is 48.5 Å². The van der Waals surface area contributed by atoms with Gasteiger partial charge in [0.25, 0.3) is 11.9 Å². The highest BCUT2D eigenvalue weighted by molar-refractivity contribution is 5.94. The number of nitrogens with one attached hydrogen (secondary N) is 3. The summed E-state index contributed by atoms with van der Waals surface area (Å²) < 4.78 is 5.43. The van der Waals surface area contributed by atoms with Gasteiger partial charge in [0, 0.05) is 5.92 Å². The van der Waals surface area contributed by atoms with E-state index >= 15 is 0 Å². The van der Waals surface area contributed by atoms with E-state index in [-0.39, 0.29) is 24.3 Å². The third-order valence-electron chi connectivity index (χ3n) is 5.65. The van der Waals surface area contributed by atoms with Crippen molar-refractivity contribution >= 4 is 23.9 Å². The number of carboxylic acids is 1. The molecule has 10 heteroatoms. The standard InChI is InChI=1S/C24H25N5O5/c1-24(2,3)18(21(31)32)25-20(30)19-26-22(29-28-19)27-23(33)34-12-17-15-10-6-4-8-13(15)14-9-5-7-11-16(14)17/h4-11,17-18H,12H2,1-3H3,(H,25,30)(H,31,32)(H2,26,27,28,29,33)/t18-/m1/s1. The lowest BCUT2D eigenvalue weighted by molar-refractivity contribution is -0.142. The van der Waals surface area contributed by atoms with Gasteiger partial charge in [-0.1, -0.05) is 69.3 Å². The number of hydrogen-bond donors (Lipinski definition) is 4. The molecule has 1 aromatic heterocycles. The zero-order chi connectivity index (χ0) is 24.5. The summed E-state index contributed by atoms with van der Waals surface area (Å²) in [5.74, 6) is -2.42. The number of rotatable bonds is 6. The van der Waals surface area contributed by atoms with E-state index < -0.39 is 29.4 Å². The van der Waals surface area contributed by atoms with Gasteiger partial charge in [-0.15, -0.1) is 5.10 Å². The first-order valence-corrected chi connectivity index (χ1v) is 10.7. The third kappa shape index (κ3) is 4.61. The van der Waals surface area contributed by atoms with Crippen LogP contribution in [0.5, 0.6) is 0 Å². The molecule has 0 fully saturated rings. The molecule has 0 unspecified atom stereocenters. The fourth-order valence-electron chi connectivity index (χ4n) is 3.99. The molecule has 1 atom stereocenters. The number of anilines is 1. The van der Waals surface area contributed by atoms with E-state index in [0.29, 0.717) is 0 Å². The highest BCUT2D eigenvalue weighted by Crippen LogP contribution is 2.44. The molecule has 0 aliphatic heterocycles. The van der Waals surface area contributed by atoms with E-state index in [9.17, 15) is 19.5 Å². The summed E-state index contributed by atoms with van der Waals surface area (Å²) in [5.41, 5.74) is 3.68. The number of amides is 2. The Morgan fingerprint density at radius 2 is 1.65 bits per heavy atom. The van der Waals surface area contributed by atoms with Crippen LogP contribution >= 0.6 is 0 Å². The maximum atomic E-state index is 12.4. The zero-order valence-electron chi connectivity index (χ0n) is 19.0. The summed E-state index contributed by atoms with van der Waals surface area (Å²) in [7, 11) is 0. The van der Waals surface area contributed by atoms with Gasteiger partial charge in [-0.25, -0.2) is 9.59 Å². The van der Waals surface area contributed by atoms with Gasteiger partial charge in [-0.2, -0.15) is 4.98 Å². The van der Waals surface area contributed by atoms with Gasteiger partial charge in [0.15, 0.2) is 0 Å². The summed E-state index contributed by atoms with van der Waals surface area (Å²) in [5, 5.41) is 20.3. The fraction of sp³-hybridized carbons (Fsp3) is 0.292. The number of aromatic amines is 1. The molecule has 2 aromatic carbocycles. The number of hydrogen-bond acceptors (Lipinski definition) is 6. The van der Waals surface area contributed by atoms with Crippen LogP contribution in [-0.4, -0.2) is 50.9 Å². The number of carbonyl (C=O) groups is 3. The van der Waals surface area contributed by atoms with Crippen LogP contribution in [0.2, 0.25) is 0 Å². The average Bonchev–Trinajstić information content (AvgIpc) is 3.37. The van der Waals surface area contributed by atoms with Crippen molar-refractivity contribution in [1.82, 2.24) is 20.5 Å². The molecule has 4 N–H and O–H groups in total. The molecule has 2 amide bonds. The van der Waals surface area contributed by atoms with Gasteiger partial charge in [-0.05, 0) is 27.7 Å². The monoisotopic (exact) mass is 463 g/mol. The number of carbonyl (C=O) groups excluding carboxylic acids is 2. The average molecular weight is 463 g/mol. The smallest absolute Gasteiger partial charge is 0.414 e. The summed E-state index contributed by atoms with van der Waals surface area (Å²) in [6.07, 6.45) is -0.772. The van der Waals surface area contributed by atoms with E-state index in [4.69, 9.17) is 4.74 Å². The number of aromatic nitrogens is 3. The molecule has 10 nitrogen and oxygen atoms in total. The minimum absolute atomic E-state index is 0.100. The summed E-state index contributed by atoms with van der Waals surface area (Å²) >= 11 is 0. The summed E-state index contributed by atoms with van der Waals surface area (Å²) in [6, 6.07) is 14.8. The van der Waals surface area contributed by atoms with E-state index in [1.54, 1.807) is 20.8 Å². The normalized spacial score (nSPS) is 13.5. The number of benzene rings is 2. The quantitative estimate of drug-likeness (QED) is 0.438. The molecule has 0 bridgehead atoms. The summed E-state index contributed by atoms with van der Waals surface area (Å²) in [6.45, 7) is 5.19. The minimum Gasteiger partial charge on any atom is -0.480 e. The number of carboxylic acid groups (broad SMARTS) is 1. The molecule has 34 heavy (non-hydrogen) atoms. The molecular formula is C24H25N5O5. The Hall–Kier alpha value is -4.21. The fourth-order valence-corrected chi connectivity index (χ4v) is 3.99. The first kappa shape index (κ1) is 23.0. The van der Waals surface area contributed by atoms with Crippen molar-refractivity contribution in [3.63, 3.8) is 0 Å². The Labute approximate surface area is 195 Å². The molecule has 176 valence electrons. The van der Waals surface area contributed by atoms with Gasteiger partial charge in [0.1, 0.15) is 12.6 Å². The van der Waals surface area contributed by atoms with Crippen molar-refractivity contribution in [3.05, 3.63) is 65.5 Å². The van der Waals surface area contributed by atoms with Crippen LogP contribution < -0.4 is 10.6 Å². The predicted molar refractivity (Wildman–Crippen MR) is 123 cm³/mol. The Morgan fingerprint density at radius 3 is 2.21 bits per heavy atom. The number of aliphatic carboxylic acids is 1. The van der Waals surface area contributed by atoms with Crippen LogP contribution in [0.1, 0.15) is 48.4 Å². The summed E-state index contributed by atoms with van der Waals surface area (Å²) in [4.78, 5) is 40.1. The first-order chi connectivity index (χ1) is 16.1. The SMILES string of the molecule is CC(C)(C)[C@H](NC(=O)c1nc(NC(=O)OCC2c3ccccc3-c3ccccc32)n[nH]1)C(=O)O. The minimum atomic E-state index is -1.17. The predicted octanol–water partition coefficient (Wildman–Crippen LogP) is 3.39. The lowest BCUT2D eigenvalue weighted by Gasteiger charge is -2.27. The van der Waals surface area contributed by atoms with Crippen LogP contribution in [0, 0.1) is 5.41 Å². The molecule has 0 radical (unpaired) electrons. The Balaban J connectivity index is 1.38. The molecule has 0 saturated carbocycles. The zero-order valence-corrected chi connectivity index (χ0v) is 19.0. The molecule has 3 aromatic rings. The van der Waals surface area contributed by atoms with Crippen LogP contribution in [0.3, 0.4) is 0 Å². The number of ether oxygens (including phenoxy) is 1. The molecule has 0 saturated heterocycles. The Morgan fingerprint density at radius 1 is 1.06 bits per heavy atom. The van der Waals surface area contributed by atoms with Crippen molar-refractivity contribution in [1.29, 1.82) is 0 Å².